The Labute approximate surface area is 129 Å². The summed E-state index contributed by atoms with van der Waals surface area (Å²) >= 11 is 16.6. The summed E-state index contributed by atoms with van der Waals surface area (Å²) in [6.45, 7) is 0. The second kappa shape index (κ2) is 5.97. The van der Waals surface area contributed by atoms with Gasteiger partial charge in [-0.1, -0.05) is 65.1 Å². The first-order valence-electron chi connectivity index (χ1n) is 5.44. The molecule has 9 heteroatoms. The lowest BCUT2D eigenvalue weighted by Gasteiger charge is -2.20. The maximum atomic E-state index is 9.64. The van der Waals surface area contributed by atoms with Crippen LogP contribution >= 0.6 is 34.8 Å². The summed E-state index contributed by atoms with van der Waals surface area (Å²) in [5, 5.41) is 12.1. The van der Waals surface area contributed by atoms with Crippen molar-refractivity contribution in [2.75, 3.05) is 11.1 Å². The van der Waals surface area contributed by atoms with E-state index >= 15 is 0 Å². The van der Waals surface area contributed by atoms with Gasteiger partial charge in [-0.3, -0.25) is 0 Å². The van der Waals surface area contributed by atoms with E-state index in [0.717, 1.165) is 5.56 Å². The minimum atomic E-state index is -1.92. The molecule has 0 radical (unpaired) electrons. The molecule has 0 fully saturated rings. The van der Waals surface area contributed by atoms with E-state index in [-0.39, 0.29) is 11.9 Å². The third kappa shape index (κ3) is 3.83. The number of halogens is 3. The summed E-state index contributed by atoms with van der Waals surface area (Å²) in [7, 11) is 0. The number of hydrogen-bond donors (Lipinski definition) is 3. The lowest BCUT2D eigenvalue weighted by Crippen LogP contribution is -2.34. The van der Waals surface area contributed by atoms with Crippen LogP contribution in [0.25, 0.3) is 11.4 Å². The van der Waals surface area contributed by atoms with Crippen LogP contribution in [0.15, 0.2) is 30.3 Å². The molecule has 0 aliphatic heterocycles. The Morgan fingerprint density at radius 1 is 1.10 bits per heavy atom. The van der Waals surface area contributed by atoms with Gasteiger partial charge in [-0.2, -0.15) is 15.0 Å². The molecular weight excluding hydrogens is 325 g/mol. The van der Waals surface area contributed by atoms with Crippen molar-refractivity contribution in [2.45, 2.75) is 10.0 Å². The fourth-order valence-corrected chi connectivity index (χ4v) is 1.54. The first kappa shape index (κ1) is 15.1. The quantitative estimate of drug-likeness (QED) is 0.588. The fraction of sp³-hybridized carbons (Fsp3) is 0.182. The van der Waals surface area contributed by atoms with Gasteiger partial charge in [0.25, 0.3) is 0 Å². The first-order valence-corrected chi connectivity index (χ1v) is 6.58. The second-order valence-electron chi connectivity index (χ2n) is 3.80. The van der Waals surface area contributed by atoms with Crippen molar-refractivity contribution in [2.24, 2.45) is 0 Å². The van der Waals surface area contributed by atoms with Crippen LogP contribution in [0.5, 0.6) is 0 Å². The SMILES string of the molecule is Nc1nc(NC(O)C(Cl)(Cl)Cl)nc(-c2ccccc2)n1. The predicted octanol–water partition coefficient (Wildman–Crippen LogP) is 2.22. The van der Waals surface area contributed by atoms with E-state index < -0.39 is 10.0 Å². The van der Waals surface area contributed by atoms with Crippen molar-refractivity contribution < 1.29 is 5.11 Å². The summed E-state index contributed by atoms with van der Waals surface area (Å²) in [4.78, 5) is 11.9. The van der Waals surface area contributed by atoms with Crippen molar-refractivity contribution in [3.8, 4) is 11.4 Å². The molecule has 1 unspecified atom stereocenters. The highest BCUT2D eigenvalue weighted by Crippen LogP contribution is 2.30. The van der Waals surface area contributed by atoms with Crippen molar-refractivity contribution in [1.82, 2.24) is 15.0 Å². The molecule has 106 valence electrons. The van der Waals surface area contributed by atoms with Gasteiger partial charge in [-0.05, 0) is 0 Å². The Morgan fingerprint density at radius 2 is 1.75 bits per heavy atom. The maximum absolute atomic E-state index is 9.64. The van der Waals surface area contributed by atoms with Gasteiger partial charge in [0.2, 0.25) is 15.7 Å². The molecule has 1 aromatic carbocycles. The van der Waals surface area contributed by atoms with Crippen LogP contribution < -0.4 is 11.1 Å². The Hall–Kier alpha value is -1.34. The number of aliphatic hydroxyl groups is 1. The largest absolute Gasteiger partial charge is 0.369 e. The van der Waals surface area contributed by atoms with E-state index in [0.29, 0.717) is 5.82 Å². The number of nitrogens with two attached hydrogens (primary N) is 1. The van der Waals surface area contributed by atoms with E-state index in [2.05, 4.69) is 20.3 Å². The zero-order valence-electron chi connectivity index (χ0n) is 9.96. The molecular formula is C11H10Cl3N5O. The number of nitrogens with zero attached hydrogens (tertiary/aromatic N) is 3. The third-order valence-electron chi connectivity index (χ3n) is 2.26. The number of rotatable bonds is 3. The number of aliphatic hydroxyl groups excluding tert-OH is 1. The van der Waals surface area contributed by atoms with Crippen molar-refractivity contribution in [3.05, 3.63) is 30.3 Å². The molecule has 6 nitrogen and oxygen atoms in total. The molecule has 0 amide bonds. The van der Waals surface area contributed by atoms with Crippen molar-refractivity contribution in [1.29, 1.82) is 0 Å². The molecule has 2 rings (SSSR count). The lowest BCUT2D eigenvalue weighted by atomic mass is 10.2. The van der Waals surface area contributed by atoms with E-state index in [1.54, 1.807) is 0 Å². The number of hydrogen-bond acceptors (Lipinski definition) is 6. The molecule has 1 heterocycles. The van der Waals surface area contributed by atoms with Crippen LogP contribution in [0.1, 0.15) is 0 Å². The van der Waals surface area contributed by atoms with E-state index in [9.17, 15) is 5.11 Å². The highest BCUT2D eigenvalue weighted by atomic mass is 35.6. The molecule has 0 saturated heterocycles. The normalized spacial score (nSPS) is 13.0. The third-order valence-corrected chi connectivity index (χ3v) is 2.88. The monoisotopic (exact) mass is 333 g/mol. The van der Waals surface area contributed by atoms with Crippen LogP contribution in [0.3, 0.4) is 0 Å². The Kier molecular flexibility index (Phi) is 4.49. The molecule has 1 aromatic heterocycles. The summed E-state index contributed by atoms with van der Waals surface area (Å²) in [6.07, 6.45) is -1.49. The fourth-order valence-electron chi connectivity index (χ4n) is 1.38. The maximum Gasteiger partial charge on any atom is 0.234 e. The average Bonchev–Trinajstić information content (AvgIpc) is 2.38. The molecule has 0 aliphatic rings. The van der Waals surface area contributed by atoms with Crippen LogP contribution in [0, 0.1) is 0 Å². The molecule has 0 saturated carbocycles. The minimum absolute atomic E-state index is 0.00942. The smallest absolute Gasteiger partial charge is 0.234 e. The summed E-state index contributed by atoms with van der Waals surface area (Å²) in [5.41, 5.74) is 6.34. The number of aromatic nitrogens is 3. The molecule has 4 N–H and O–H groups in total. The molecule has 0 aliphatic carbocycles. The Balaban J connectivity index is 2.30. The number of benzene rings is 1. The van der Waals surface area contributed by atoms with Crippen LogP contribution in [0.4, 0.5) is 11.9 Å². The predicted molar refractivity (Wildman–Crippen MR) is 79.6 cm³/mol. The highest BCUT2D eigenvalue weighted by Gasteiger charge is 2.31. The molecule has 20 heavy (non-hydrogen) atoms. The zero-order chi connectivity index (χ0) is 14.8. The van der Waals surface area contributed by atoms with Crippen LogP contribution in [-0.4, -0.2) is 30.1 Å². The Morgan fingerprint density at radius 3 is 2.35 bits per heavy atom. The van der Waals surface area contributed by atoms with E-state index in [1.165, 1.54) is 0 Å². The molecule has 0 spiro atoms. The van der Waals surface area contributed by atoms with Gasteiger partial charge >= 0.3 is 0 Å². The summed E-state index contributed by atoms with van der Waals surface area (Å²) < 4.78 is -1.92. The van der Waals surface area contributed by atoms with Crippen LogP contribution in [0.2, 0.25) is 0 Å². The second-order valence-corrected chi connectivity index (χ2v) is 6.16. The number of nitrogen functional groups attached to an aromatic ring is 1. The van der Waals surface area contributed by atoms with E-state index in [1.807, 2.05) is 30.3 Å². The topological polar surface area (TPSA) is 97.0 Å². The van der Waals surface area contributed by atoms with Gasteiger partial charge < -0.3 is 16.2 Å². The Bertz CT molecular complexity index is 590. The summed E-state index contributed by atoms with van der Waals surface area (Å²) in [5.74, 6) is 0.338. The van der Waals surface area contributed by atoms with Gasteiger partial charge in [0.05, 0.1) is 0 Å². The van der Waals surface area contributed by atoms with Gasteiger partial charge in [-0.25, -0.2) is 0 Å². The van der Waals surface area contributed by atoms with Gasteiger partial charge in [0.15, 0.2) is 12.1 Å². The van der Waals surface area contributed by atoms with E-state index in [4.69, 9.17) is 40.5 Å². The molecule has 2 aromatic rings. The van der Waals surface area contributed by atoms with Gasteiger partial charge in [-0.15, -0.1) is 0 Å². The number of anilines is 2. The molecule has 1 atom stereocenters. The minimum Gasteiger partial charge on any atom is -0.369 e. The summed E-state index contributed by atoms with van der Waals surface area (Å²) in [6, 6.07) is 9.14. The standard InChI is InChI=1S/C11H10Cl3N5O/c12-11(13,14)8(20)18-10-17-7(16-9(15)19-10)6-4-2-1-3-5-6/h1-5,8,20H,(H3,15,16,17,18,19). The number of alkyl halides is 3. The van der Waals surface area contributed by atoms with Crippen molar-refractivity contribution in [3.63, 3.8) is 0 Å². The van der Waals surface area contributed by atoms with Crippen LogP contribution in [-0.2, 0) is 0 Å². The van der Waals surface area contributed by atoms with Gasteiger partial charge in [0, 0.05) is 5.56 Å². The zero-order valence-corrected chi connectivity index (χ0v) is 12.2. The van der Waals surface area contributed by atoms with Gasteiger partial charge in [0.1, 0.15) is 0 Å². The lowest BCUT2D eigenvalue weighted by molar-refractivity contribution is 0.207. The highest BCUT2D eigenvalue weighted by molar-refractivity contribution is 6.68. The first-order chi connectivity index (χ1) is 9.36. The number of nitrogens with one attached hydrogen (secondary N) is 1. The average molecular weight is 335 g/mol. The van der Waals surface area contributed by atoms with Crippen molar-refractivity contribution >= 4 is 46.7 Å². The molecule has 0 bridgehead atoms.